The van der Waals surface area contributed by atoms with E-state index in [2.05, 4.69) is 4.72 Å². The molecule has 8 heteroatoms. The van der Waals surface area contributed by atoms with Crippen molar-refractivity contribution in [3.63, 3.8) is 0 Å². The molecule has 108 valence electrons. The van der Waals surface area contributed by atoms with Crippen molar-refractivity contribution in [1.29, 1.82) is 0 Å². The molecule has 1 aromatic heterocycles. The van der Waals surface area contributed by atoms with Crippen LogP contribution < -0.4 is 4.72 Å². The highest BCUT2D eigenvalue weighted by atomic mass is 32.2. The average Bonchev–Trinajstić information content (AvgIpc) is 2.78. The molecule has 1 aromatic rings. The first-order valence-electron chi connectivity index (χ1n) is 5.80. The SMILES string of the molecule is CCSCCC(C)NS(=O)(=O)c1ccc(C(=O)O)o1. The number of carbonyl (C=O) groups is 1. The molecule has 0 aliphatic carbocycles. The van der Waals surface area contributed by atoms with Gasteiger partial charge in [-0.05, 0) is 37.0 Å². The van der Waals surface area contributed by atoms with E-state index in [-0.39, 0.29) is 11.1 Å². The Hall–Kier alpha value is -0.990. The van der Waals surface area contributed by atoms with E-state index in [1.165, 1.54) is 0 Å². The smallest absolute Gasteiger partial charge is 0.371 e. The third-order valence-electron chi connectivity index (χ3n) is 2.31. The molecule has 0 aliphatic rings. The van der Waals surface area contributed by atoms with Crippen LogP contribution in [0, 0.1) is 0 Å². The van der Waals surface area contributed by atoms with Gasteiger partial charge >= 0.3 is 5.97 Å². The van der Waals surface area contributed by atoms with Crippen LogP contribution >= 0.6 is 11.8 Å². The van der Waals surface area contributed by atoms with Gasteiger partial charge in [-0.25, -0.2) is 17.9 Å². The summed E-state index contributed by atoms with van der Waals surface area (Å²) >= 11 is 1.73. The van der Waals surface area contributed by atoms with Crippen molar-refractivity contribution < 1.29 is 22.7 Å². The molecule has 0 spiro atoms. The predicted octanol–water partition coefficient (Wildman–Crippen LogP) is 1.79. The Balaban J connectivity index is 2.66. The lowest BCUT2D eigenvalue weighted by molar-refractivity contribution is 0.0656. The maximum Gasteiger partial charge on any atom is 0.371 e. The Bertz CT molecular complexity index is 523. The van der Waals surface area contributed by atoms with E-state index in [1.54, 1.807) is 18.7 Å². The van der Waals surface area contributed by atoms with Crippen LogP contribution in [0.5, 0.6) is 0 Å². The van der Waals surface area contributed by atoms with Crippen molar-refractivity contribution in [2.45, 2.75) is 31.4 Å². The highest BCUT2D eigenvalue weighted by Crippen LogP contribution is 2.15. The molecule has 1 rings (SSSR count). The molecular weight excluding hydrogens is 290 g/mol. The third-order valence-corrected chi connectivity index (χ3v) is 4.71. The fourth-order valence-electron chi connectivity index (χ4n) is 1.37. The molecular formula is C11H17NO5S2. The van der Waals surface area contributed by atoms with Gasteiger partial charge in [0.25, 0.3) is 10.0 Å². The number of thioether (sulfide) groups is 1. The van der Waals surface area contributed by atoms with Crippen LogP contribution in [-0.2, 0) is 10.0 Å². The van der Waals surface area contributed by atoms with Crippen LogP contribution in [0.1, 0.15) is 30.8 Å². The molecule has 1 atom stereocenters. The zero-order chi connectivity index (χ0) is 14.5. The van der Waals surface area contributed by atoms with E-state index in [9.17, 15) is 13.2 Å². The normalized spacial score (nSPS) is 13.4. The monoisotopic (exact) mass is 307 g/mol. The maximum absolute atomic E-state index is 11.9. The number of hydrogen-bond donors (Lipinski definition) is 2. The topological polar surface area (TPSA) is 96.6 Å². The summed E-state index contributed by atoms with van der Waals surface area (Å²) < 4.78 is 31.1. The minimum absolute atomic E-state index is 0.234. The summed E-state index contributed by atoms with van der Waals surface area (Å²) in [7, 11) is -3.80. The van der Waals surface area contributed by atoms with Gasteiger partial charge in [-0.1, -0.05) is 6.92 Å². The highest BCUT2D eigenvalue weighted by Gasteiger charge is 2.22. The van der Waals surface area contributed by atoms with Crippen molar-refractivity contribution in [3.05, 3.63) is 17.9 Å². The van der Waals surface area contributed by atoms with Crippen molar-refractivity contribution in [1.82, 2.24) is 4.72 Å². The van der Waals surface area contributed by atoms with Gasteiger partial charge in [-0.2, -0.15) is 11.8 Å². The highest BCUT2D eigenvalue weighted by molar-refractivity contribution is 7.99. The summed E-state index contributed by atoms with van der Waals surface area (Å²) in [6.45, 7) is 3.80. The second-order valence-corrected chi connectivity index (χ2v) is 6.97. The van der Waals surface area contributed by atoms with Gasteiger partial charge in [0.2, 0.25) is 10.9 Å². The minimum atomic E-state index is -3.80. The van der Waals surface area contributed by atoms with Crippen LogP contribution in [0.4, 0.5) is 0 Å². The molecule has 0 aromatic carbocycles. The predicted molar refractivity (Wildman–Crippen MR) is 73.1 cm³/mol. The summed E-state index contributed by atoms with van der Waals surface area (Å²) in [4.78, 5) is 10.6. The lowest BCUT2D eigenvalue weighted by atomic mass is 10.3. The quantitative estimate of drug-likeness (QED) is 0.711. The Kier molecular flexibility index (Phi) is 5.89. The standard InChI is InChI=1S/C11H17NO5S2/c1-3-18-7-6-8(2)12-19(15,16)10-5-4-9(17-10)11(13)14/h4-5,8,12H,3,6-7H2,1-2H3,(H,13,14). The molecule has 6 nitrogen and oxygen atoms in total. The molecule has 0 amide bonds. The second-order valence-electron chi connectivity index (χ2n) is 3.93. The third kappa shape index (κ3) is 4.88. The molecule has 19 heavy (non-hydrogen) atoms. The van der Waals surface area contributed by atoms with E-state index in [0.717, 1.165) is 23.6 Å². The fraction of sp³-hybridized carbons (Fsp3) is 0.545. The van der Waals surface area contributed by atoms with Gasteiger partial charge in [-0.3, -0.25) is 0 Å². The van der Waals surface area contributed by atoms with E-state index in [0.29, 0.717) is 6.42 Å². The lowest BCUT2D eigenvalue weighted by Gasteiger charge is -2.12. The van der Waals surface area contributed by atoms with Crippen molar-refractivity contribution in [3.8, 4) is 0 Å². The van der Waals surface area contributed by atoms with E-state index in [1.807, 2.05) is 6.92 Å². The molecule has 0 aliphatic heterocycles. The Morgan fingerprint density at radius 3 is 2.74 bits per heavy atom. The number of rotatable bonds is 8. The fourth-order valence-corrected chi connectivity index (χ4v) is 3.39. The van der Waals surface area contributed by atoms with Gasteiger partial charge in [0, 0.05) is 6.04 Å². The van der Waals surface area contributed by atoms with E-state index in [4.69, 9.17) is 9.52 Å². The van der Waals surface area contributed by atoms with Gasteiger partial charge in [0.1, 0.15) is 0 Å². The number of carboxylic acid groups (broad SMARTS) is 1. The summed E-state index contributed by atoms with van der Waals surface area (Å²) in [5, 5.41) is 8.30. The molecule has 2 N–H and O–H groups in total. The first kappa shape index (κ1) is 16.1. The molecule has 0 bridgehead atoms. The minimum Gasteiger partial charge on any atom is -0.475 e. The number of sulfonamides is 1. The Labute approximate surface area is 116 Å². The molecule has 1 unspecified atom stereocenters. The largest absolute Gasteiger partial charge is 0.475 e. The summed E-state index contributed by atoms with van der Waals surface area (Å²) in [6.07, 6.45) is 0.699. The van der Waals surface area contributed by atoms with Crippen LogP contribution in [-0.4, -0.2) is 37.0 Å². The summed E-state index contributed by atoms with van der Waals surface area (Å²) in [5.74, 6) is 0.154. The van der Waals surface area contributed by atoms with Crippen LogP contribution in [0.15, 0.2) is 21.6 Å². The summed E-state index contributed by atoms with van der Waals surface area (Å²) in [6, 6.07) is 2.02. The number of furan rings is 1. The van der Waals surface area contributed by atoms with Crippen LogP contribution in [0.3, 0.4) is 0 Å². The Morgan fingerprint density at radius 1 is 1.53 bits per heavy atom. The van der Waals surface area contributed by atoms with Crippen molar-refractivity contribution in [2.24, 2.45) is 0 Å². The lowest BCUT2D eigenvalue weighted by Crippen LogP contribution is -2.32. The molecule has 0 radical (unpaired) electrons. The molecule has 1 heterocycles. The van der Waals surface area contributed by atoms with Crippen molar-refractivity contribution >= 4 is 27.8 Å². The van der Waals surface area contributed by atoms with Gasteiger partial charge < -0.3 is 9.52 Å². The number of hydrogen-bond acceptors (Lipinski definition) is 5. The van der Waals surface area contributed by atoms with Gasteiger partial charge in [0.05, 0.1) is 0 Å². The van der Waals surface area contributed by atoms with Gasteiger partial charge in [-0.15, -0.1) is 0 Å². The van der Waals surface area contributed by atoms with E-state index >= 15 is 0 Å². The zero-order valence-corrected chi connectivity index (χ0v) is 12.4. The average molecular weight is 307 g/mol. The van der Waals surface area contributed by atoms with Gasteiger partial charge in [0.15, 0.2) is 0 Å². The van der Waals surface area contributed by atoms with Crippen LogP contribution in [0.2, 0.25) is 0 Å². The number of nitrogens with one attached hydrogen (secondary N) is 1. The van der Waals surface area contributed by atoms with E-state index < -0.39 is 21.8 Å². The summed E-state index contributed by atoms with van der Waals surface area (Å²) in [5.41, 5.74) is 0. The maximum atomic E-state index is 11.9. The molecule has 0 saturated heterocycles. The Morgan fingerprint density at radius 2 is 2.21 bits per heavy atom. The number of aromatic carboxylic acids is 1. The molecule has 0 fully saturated rings. The van der Waals surface area contributed by atoms with Crippen LogP contribution in [0.25, 0.3) is 0 Å². The number of carboxylic acids is 1. The molecule has 0 saturated carbocycles. The first-order chi connectivity index (χ1) is 8.86. The zero-order valence-electron chi connectivity index (χ0n) is 10.8. The van der Waals surface area contributed by atoms with Crippen molar-refractivity contribution in [2.75, 3.05) is 11.5 Å². The second kappa shape index (κ2) is 6.97. The first-order valence-corrected chi connectivity index (χ1v) is 8.43.